The van der Waals surface area contributed by atoms with Gasteiger partial charge >= 0.3 is 11.9 Å². The fourth-order valence-electron chi connectivity index (χ4n) is 2.39. The van der Waals surface area contributed by atoms with E-state index in [1.165, 1.54) is 12.1 Å². The summed E-state index contributed by atoms with van der Waals surface area (Å²) in [7, 11) is 0. The molecule has 3 rings (SSSR count). The normalized spacial score (nSPS) is 11.4. The number of aryl methyl sites for hydroxylation is 1. The van der Waals surface area contributed by atoms with Crippen LogP contribution in [0.1, 0.15) is 16.8 Å². The van der Waals surface area contributed by atoms with Crippen LogP contribution in [0.25, 0.3) is 11.4 Å². The number of H-pyrrole nitrogens is 1. The summed E-state index contributed by atoms with van der Waals surface area (Å²) in [5, 5.41) is 11.3. The largest absolute Gasteiger partial charge is 0.482 e. The highest BCUT2D eigenvalue weighted by atomic mass is 19.4. The van der Waals surface area contributed by atoms with Crippen molar-refractivity contribution in [3.63, 3.8) is 0 Å². The van der Waals surface area contributed by atoms with E-state index in [9.17, 15) is 23.3 Å². The molecule has 6 nitrogen and oxygen atoms in total. The molecular weight excluding hydrogens is 363 g/mol. The standard InChI is InChI=1S/C18H14F3N3O3/c1-11-2-4-12(5-3-11)10-27-15-7-6-13(8-14(15)24(25)26)17-22-9-16(23-17)18(19,20)21/h2-9H,10H2,1H3,(H,22,23). The lowest BCUT2D eigenvalue weighted by Crippen LogP contribution is -2.04. The summed E-state index contributed by atoms with van der Waals surface area (Å²) in [5.41, 5.74) is 0.676. The van der Waals surface area contributed by atoms with Crippen LogP contribution in [0.4, 0.5) is 18.9 Å². The van der Waals surface area contributed by atoms with Gasteiger partial charge in [-0.2, -0.15) is 13.2 Å². The molecule has 1 N–H and O–H groups in total. The number of ether oxygens (including phenoxy) is 1. The van der Waals surface area contributed by atoms with Gasteiger partial charge in [0.25, 0.3) is 0 Å². The molecule has 0 radical (unpaired) electrons. The Bertz CT molecular complexity index is 966. The van der Waals surface area contributed by atoms with Crippen LogP contribution in [-0.4, -0.2) is 14.9 Å². The molecule has 2 aromatic carbocycles. The van der Waals surface area contributed by atoms with Crippen LogP contribution in [0.15, 0.2) is 48.7 Å². The van der Waals surface area contributed by atoms with Crippen molar-refractivity contribution in [2.45, 2.75) is 19.7 Å². The number of benzene rings is 2. The van der Waals surface area contributed by atoms with Gasteiger partial charge in [-0.15, -0.1) is 0 Å². The molecule has 27 heavy (non-hydrogen) atoms. The Kier molecular flexibility index (Phi) is 4.85. The number of alkyl halides is 3. The second-order valence-electron chi connectivity index (χ2n) is 5.86. The number of hydrogen-bond donors (Lipinski definition) is 1. The topological polar surface area (TPSA) is 81.0 Å². The number of nitro groups is 1. The fraction of sp³-hybridized carbons (Fsp3) is 0.167. The summed E-state index contributed by atoms with van der Waals surface area (Å²) >= 11 is 0. The van der Waals surface area contributed by atoms with Crippen LogP contribution in [0.2, 0.25) is 0 Å². The minimum atomic E-state index is -4.58. The monoisotopic (exact) mass is 377 g/mol. The van der Waals surface area contributed by atoms with Crippen molar-refractivity contribution in [2.75, 3.05) is 0 Å². The van der Waals surface area contributed by atoms with Gasteiger partial charge < -0.3 is 9.72 Å². The van der Waals surface area contributed by atoms with E-state index < -0.39 is 16.8 Å². The van der Waals surface area contributed by atoms with Crippen molar-refractivity contribution in [1.82, 2.24) is 9.97 Å². The molecule has 1 heterocycles. The molecule has 0 unspecified atom stereocenters. The number of imidazole rings is 1. The summed E-state index contributed by atoms with van der Waals surface area (Å²) in [6.45, 7) is 2.06. The summed E-state index contributed by atoms with van der Waals surface area (Å²) in [6, 6.07) is 11.4. The van der Waals surface area contributed by atoms with E-state index in [1.807, 2.05) is 31.2 Å². The maximum atomic E-state index is 12.7. The van der Waals surface area contributed by atoms with Crippen LogP contribution in [0.5, 0.6) is 5.75 Å². The van der Waals surface area contributed by atoms with E-state index in [-0.39, 0.29) is 29.4 Å². The number of nitrogens with one attached hydrogen (secondary N) is 1. The van der Waals surface area contributed by atoms with Gasteiger partial charge in [0.15, 0.2) is 5.75 Å². The number of nitro benzene ring substituents is 1. The molecule has 1 aromatic heterocycles. The maximum absolute atomic E-state index is 12.7. The summed E-state index contributed by atoms with van der Waals surface area (Å²) < 4.78 is 43.5. The Balaban J connectivity index is 1.85. The zero-order valence-corrected chi connectivity index (χ0v) is 14.1. The van der Waals surface area contributed by atoms with Crippen molar-refractivity contribution in [3.8, 4) is 17.1 Å². The van der Waals surface area contributed by atoms with Crippen molar-refractivity contribution in [3.05, 3.63) is 75.6 Å². The first-order valence-corrected chi connectivity index (χ1v) is 7.83. The molecule has 0 saturated heterocycles. The van der Waals surface area contributed by atoms with Gasteiger partial charge in [-0.05, 0) is 24.6 Å². The third-order valence-corrected chi connectivity index (χ3v) is 3.83. The lowest BCUT2D eigenvalue weighted by Gasteiger charge is -2.08. The maximum Gasteiger partial charge on any atom is 0.432 e. The highest BCUT2D eigenvalue weighted by molar-refractivity contribution is 5.63. The van der Waals surface area contributed by atoms with E-state index in [4.69, 9.17) is 4.74 Å². The third kappa shape index (κ3) is 4.25. The molecule has 0 aliphatic rings. The molecular formula is C18H14F3N3O3. The SMILES string of the molecule is Cc1ccc(COc2ccc(-c3ncc(C(F)(F)F)[nH]3)cc2[N+](=O)[O-])cc1. The van der Waals surface area contributed by atoms with E-state index in [1.54, 1.807) is 0 Å². The molecule has 0 saturated carbocycles. The first-order valence-electron chi connectivity index (χ1n) is 7.83. The van der Waals surface area contributed by atoms with Crippen LogP contribution < -0.4 is 4.74 Å². The molecule has 0 bridgehead atoms. The molecule has 0 spiro atoms. The minimum Gasteiger partial charge on any atom is -0.482 e. The van der Waals surface area contributed by atoms with Gasteiger partial charge in [-0.1, -0.05) is 29.8 Å². The Morgan fingerprint density at radius 2 is 1.89 bits per heavy atom. The van der Waals surface area contributed by atoms with Gasteiger partial charge in [0.05, 0.1) is 11.1 Å². The molecule has 3 aromatic rings. The first-order chi connectivity index (χ1) is 12.7. The van der Waals surface area contributed by atoms with E-state index in [2.05, 4.69) is 9.97 Å². The molecule has 140 valence electrons. The predicted molar refractivity (Wildman–Crippen MR) is 91.2 cm³/mol. The lowest BCUT2D eigenvalue weighted by molar-refractivity contribution is -0.385. The molecule has 0 aliphatic carbocycles. The molecule has 0 fully saturated rings. The van der Waals surface area contributed by atoms with E-state index >= 15 is 0 Å². The number of rotatable bonds is 5. The Hall–Kier alpha value is -3.36. The van der Waals surface area contributed by atoms with Crippen LogP contribution in [0, 0.1) is 17.0 Å². The Morgan fingerprint density at radius 1 is 1.19 bits per heavy atom. The highest BCUT2D eigenvalue weighted by Gasteiger charge is 2.33. The predicted octanol–water partition coefficient (Wildman–Crippen LogP) is 4.89. The highest BCUT2D eigenvalue weighted by Crippen LogP contribution is 2.34. The molecule has 0 aliphatic heterocycles. The van der Waals surface area contributed by atoms with Gasteiger partial charge in [0.1, 0.15) is 18.1 Å². The second-order valence-corrected chi connectivity index (χ2v) is 5.86. The number of aromatic amines is 1. The number of aromatic nitrogens is 2. The molecule has 0 atom stereocenters. The number of hydrogen-bond acceptors (Lipinski definition) is 4. The molecule has 0 amide bonds. The smallest absolute Gasteiger partial charge is 0.432 e. The quantitative estimate of drug-likeness (QED) is 0.507. The zero-order valence-electron chi connectivity index (χ0n) is 14.1. The Morgan fingerprint density at radius 3 is 2.48 bits per heavy atom. The van der Waals surface area contributed by atoms with Gasteiger partial charge in [-0.25, -0.2) is 4.98 Å². The average Bonchev–Trinajstić information content (AvgIpc) is 3.11. The van der Waals surface area contributed by atoms with Crippen LogP contribution >= 0.6 is 0 Å². The summed E-state index contributed by atoms with van der Waals surface area (Å²) in [4.78, 5) is 16.5. The second kappa shape index (κ2) is 7.10. The first kappa shape index (κ1) is 18.4. The third-order valence-electron chi connectivity index (χ3n) is 3.83. The van der Waals surface area contributed by atoms with Gasteiger partial charge in [0.2, 0.25) is 0 Å². The van der Waals surface area contributed by atoms with Crippen molar-refractivity contribution >= 4 is 5.69 Å². The van der Waals surface area contributed by atoms with Crippen molar-refractivity contribution in [2.24, 2.45) is 0 Å². The summed E-state index contributed by atoms with van der Waals surface area (Å²) in [5.74, 6) is -0.0950. The number of halogens is 3. The molecule has 9 heteroatoms. The minimum absolute atomic E-state index is 0.0203. The number of nitrogens with zero attached hydrogens (tertiary/aromatic N) is 2. The van der Waals surface area contributed by atoms with E-state index in [0.717, 1.165) is 17.2 Å². The average molecular weight is 377 g/mol. The van der Waals surface area contributed by atoms with Crippen molar-refractivity contribution < 1.29 is 22.8 Å². The van der Waals surface area contributed by atoms with Crippen LogP contribution in [-0.2, 0) is 12.8 Å². The zero-order chi connectivity index (χ0) is 19.6. The van der Waals surface area contributed by atoms with Crippen molar-refractivity contribution in [1.29, 1.82) is 0 Å². The van der Waals surface area contributed by atoms with Crippen LogP contribution in [0.3, 0.4) is 0 Å². The Labute approximate surface area is 151 Å². The lowest BCUT2D eigenvalue weighted by atomic mass is 10.1. The van der Waals surface area contributed by atoms with E-state index in [0.29, 0.717) is 6.20 Å². The fourth-order valence-corrected chi connectivity index (χ4v) is 2.39. The van der Waals surface area contributed by atoms with Gasteiger partial charge in [-0.3, -0.25) is 10.1 Å². The van der Waals surface area contributed by atoms with Gasteiger partial charge in [0, 0.05) is 11.6 Å². The summed E-state index contributed by atoms with van der Waals surface area (Å²) in [6.07, 6.45) is -3.93.